The topological polar surface area (TPSA) is 54.5 Å². The quantitative estimate of drug-likeness (QED) is 0.798. The standard InChI is InChI=1S/C10H10ClF2NO3S/c1-6(10(11)15)14(18(2,16)17)9-4-3-7(12)5-8(9)13/h3-6H,1-2H3. The predicted octanol–water partition coefficient (Wildman–Crippen LogP) is 1.88. The molecule has 0 fully saturated rings. The van der Waals surface area contributed by atoms with E-state index in [1.807, 2.05) is 0 Å². The van der Waals surface area contributed by atoms with Gasteiger partial charge in [-0.1, -0.05) is 0 Å². The molecule has 0 aromatic heterocycles. The van der Waals surface area contributed by atoms with Gasteiger partial charge in [0.25, 0.3) is 0 Å². The van der Waals surface area contributed by atoms with Crippen LogP contribution >= 0.6 is 11.6 Å². The lowest BCUT2D eigenvalue weighted by molar-refractivity contribution is -0.112. The Labute approximate surface area is 108 Å². The fourth-order valence-corrected chi connectivity index (χ4v) is 2.76. The summed E-state index contributed by atoms with van der Waals surface area (Å²) in [7, 11) is -3.93. The lowest BCUT2D eigenvalue weighted by atomic mass is 10.2. The molecule has 1 aromatic carbocycles. The van der Waals surface area contributed by atoms with Crippen LogP contribution in [-0.2, 0) is 14.8 Å². The summed E-state index contributed by atoms with van der Waals surface area (Å²) in [6.45, 7) is 1.21. The molecule has 1 aromatic rings. The van der Waals surface area contributed by atoms with Crippen LogP contribution in [0.5, 0.6) is 0 Å². The van der Waals surface area contributed by atoms with E-state index in [4.69, 9.17) is 11.6 Å². The number of hydrogen-bond donors (Lipinski definition) is 0. The monoisotopic (exact) mass is 297 g/mol. The van der Waals surface area contributed by atoms with Crippen LogP contribution < -0.4 is 4.31 Å². The molecule has 100 valence electrons. The Balaban J connectivity index is 3.40. The molecule has 18 heavy (non-hydrogen) atoms. The second kappa shape index (κ2) is 5.19. The SMILES string of the molecule is CC(C(=O)Cl)N(c1ccc(F)cc1F)S(C)(=O)=O. The number of rotatable bonds is 4. The average Bonchev–Trinajstić information content (AvgIpc) is 2.19. The van der Waals surface area contributed by atoms with Crippen LogP contribution in [0.3, 0.4) is 0 Å². The zero-order valence-corrected chi connectivity index (χ0v) is 11.1. The number of carbonyl (C=O) groups excluding carboxylic acids is 1. The molecular formula is C10H10ClF2NO3S. The summed E-state index contributed by atoms with van der Waals surface area (Å²) in [5, 5.41) is -0.968. The fourth-order valence-electron chi connectivity index (χ4n) is 1.43. The molecule has 0 bridgehead atoms. The number of anilines is 1. The van der Waals surface area contributed by atoms with E-state index in [1.165, 1.54) is 6.92 Å². The zero-order valence-electron chi connectivity index (χ0n) is 9.52. The first-order valence-electron chi connectivity index (χ1n) is 4.78. The predicted molar refractivity (Wildman–Crippen MR) is 64.0 cm³/mol. The van der Waals surface area contributed by atoms with Gasteiger partial charge in [-0.2, -0.15) is 0 Å². The summed E-state index contributed by atoms with van der Waals surface area (Å²) in [6.07, 6.45) is 0.798. The van der Waals surface area contributed by atoms with Crippen molar-refractivity contribution < 1.29 is 22.0 Å². The highest BCUT2D eigenvalue weighted by atomic mass is 35.5. The van der Waals surface area contributed by atoms with Crippen molar-refractivity contribution in [3.63, 3.8) is 0 Å². The summed E-state index contributed by atoms with van der Waals surface area (Å²) in [6, 6.07) is 1.06. The molecule has 0 saturated heterocycles. The average molecular weight is 298 g/mol. The number of benzene rings is 1. The number of carbonyl (C=O) groups is 1. The van der Waals surface area contributed by atoms with Crippen molar-refractivity contribution >= 4 is 32.6 Å². The number of sulfonamides is 1. The normalized spacial score (nSPS) is 13.2. The van der Waals surface area contributed by atoms with Gasteiger partial charge in [-0.15, -0.1) is 0 Å². The van der Waals surface area contributed by atoms with Gasteiger partial charge < -0.3 is 0 Å². The molecule has 1 atom stereocenters. The first-order valence-corrected chi connectivity index (χ1v) is 7.01. The molecule has 8 heteroatoms. The Morgan fingerprint density at radius 2 is 1.94 bits per heavy atom. The van der Waals surface area contributed by atoms with Gasteiger partial charge in [-0.05, 0) is 30.7 Å². The van der Waals surface area contributed by atoms with Crippen molar-refractivity contribution in [1.29, 1.82) is 0 Å². The molecule has 0 aliphatic heterocycles. The van der Waals surface area contributed by atoms with Crippen LogP contribution in [-0.4, -0.2) is 26.0 Å². The van der Waals surface area contributed by atoms with E-state index in [2.05, 4.69) is 0 Å². The van der Waals surface area contributed by atoms with Gasteiger partial charge in [-0.3, -0.25) is 9.10 Å². The third kappa shape index (κ3) is 3.17. The van der Waals surface area contributed by atoms with Gasteiger partial charge >= 0.3 is 0 Å². The van der Waals surface area contributed by atoms with E-state index in [1.54, 1.807) is 0 Å². The lowest BCUT2D eigenvalue weighted by Gasteiger charge is -2.26. The minimum Gasteiger partial charge on any atom is -0.279 e. The van der Waals surface area contributed by atoms with Crippen LogP contribution in [0.15, 0.2) is 18.2 Å². The summed E-state index contributed by atoms with van der Waals surface area (Å²) in [5.41, 5.74) is -0.430. The van der Waals surface area contributed by atoms with E-state index in [0.29, 0.717) is 10.4 Å². The largest absolute Gasteiger partial charge is 0.279 e. The smallest absolute Gasteiger partial charge is 0.245 e. The Morgan fingerprint density at radius 1 is 1.39 bits per heavy atom. The van der Waals surface area contributed by atoms with Gasteiger partial charge in [0.2, 0.25) is 15.3 Å². The first-order chi connectivity index (χ1) is 8.14. The van der Waals surface area contributed by atoms with Gasteiger partial charge in [0.05, 0.1) is 11.9 Å². The molecule has 0 saturated carbocycles. The molecule has 0 amide bonds. The molecule has 0 heterocycles. The second-order valence-electron chi connectivity index (χ2n) is 3.63. The van der Waals surface area contributed by atoms with Crippen molar-refractivity contribution in [2.45, 2.75) is 13.0 Å². The molecule has 0 radical (unpaired) electrons. The van der Waals surface area contributed by atoms with E-state index in [-0.39, 0.29) is 0 Å². The molecule has 1 unspecified atom stereocenters. The highest BCUT2D eigenvalue weighted by molar-refractivity contribution is 7.92. The minimum atomic E-state index is -3.93. The van der Waals surface area contributed by atoms with Crippen LogP contribution in [0, 0.1) is 11.6 Å². The van der Waals surface area contributed by atoms with Crippen molar-refractivity contribution in [2.75, 3.05) is 10.6 Å². The number of hydrogen-bond acceptors (Lipinski definition) is 3. The maximum Gasteiger partial charge on any atom is 0.245 e. The Bertz CT molecular complexity index is 576. The Morgan fingerprint density at radius 3 is 2.33 bits per heavy atom. The van der Waals surface area contributed by atoms with Crippen LogP contribution in [0.4, 0.5) is 14.5 Å². The van der Waals surface area contributed by atoms with Gasteiger partial charge in [0.15, 0.2) is 0 Å². The molecule has 4 nitrogen and oxygen atoms in total. The zero-order chi connectivity index (χ0) is 14.1. The van der Waals surface area contributed by atoms with Gasteiger partial charge in [0.1, 0.15) is 17.7 Å². The van der Waals surface area contributed by atoms with E-state index in [0.717, 1.165) is 18.4 Å². The summed E-state index contributed by atoms with van der Waals surface area (Å²) in [5.74, 6) is -1.94. The molecule has 0 aliphatic rings. The van der Waals surface area contributed by atoms with E-state index in [9.17, 15) is 22.0 Å². The maximum atomic E-state index is 13.6. The minimum absolute atomic E-state index is 0.430. The molecule has 0 N–H and O–H groups in total. The van der Waals surface area contributed by atoms with Crippen molar-refractivity contribution in [2.24, 2.45) is 0 Å². The fraction of sp³-hybridized carbons (Fsp3) is 0.300. The molecule has 0 spiro atoms. The van der Waals surface area contributed by atoms with Crippen LogP contribution in [0.1, 0.15) is 6.92 Å². The number of nitrogens with zero attached hydrogens (tertiary/aromatic N) is 1. The third-order valence-electron chi connectivity index (χ3n) is 2.18. The lowest BCUT2D eigenvalue weighted by Crippen LogP contribution is -2.41. The van der Waals surface area contributed by atoms with Crippen molar-refractivity contribution in [3.8, 4) is 0 Å². The summed E-state index contributed by atoms with van der Waals surface area (Å²) < 4.78 is 50.0. The molecule has 0 aliphatic carbocycles. The van der Waals surface area contributed by atoms with Crippen LogP contribution in [0.25, 0.3) is 0 Å². The highest BCUT2D eigenvalue weighted by Gasteiger charge is 2.30. The first kappa shape index (κ1) is 14.8. The molecule has 1 rings (SSSR count). The molecular weight excluding hydrogens is 288 g/mol. The van der Waals surface area contributed by atoms with Gasteiger partial charge in [-0.25, -0.2) is 17.2 Å². The van der Waals surface area contributed by atoms with E-state index >= 15 is 0 Å². The Kier molecular flexibility index (Phi) is 4.28. The Hall–Kier alpha value is -1.21. The summed E-state index contributed by atoms with van der Waals surface area (Å²) >= 11 is 5.22. The van der Waals surface area contributed by atoms with Crippen molar-refractivity contribution in [3.05, 3.63) is 29.8 Å². The third-order valence-corrected chi connectivity index (χ3v) is 3.73. The van der Waals surface area contributed by atoms with Crippen LogP contribution in [0.2, 0.25) is 0 Å². The maximum absolute atomic E-state index is 13.6. The number of halogens is 3. The van der Waals surface area contributed by atoms with E-state index < -0.39 is 38.6 Å². The summed E-state index contributed by atoms with van der Waals surface area (Å²) in [4.78, 5) is 11.0. The van der Waals surface area contributed by atoms with Gasteiger partial charge in [0, 0.05) is 6.07 Å². The highest BCUT2D eigenvalue weighted by Crippen LogP contribution is 2.25. The second-order valence-corrected chi connectivity index (χ2v) is 5.87. The van der Waals surface area contributed by atoms with Crippen molar-refractivity contribution in [1.82, 2.24) is 0 Å².